The summed E-state index contributed by atoms with van der Waals surface area (Å²) in [5.41, 5.74) is 17.4. The Morgan fingerprint density at radius 1 is 0.444 bits per heavy atom. The first-order valence-electron chi connectivity index (χ1n) is 14.8. The zero-order valence-corrected chi connectivity index (χ0v) is 24.7. The van der Waals surface area contributed by atoms with Gasteiger partial charge >= 0.3 is 0 Å². The van der Waals surface area contributed by atoms with Gasteiger partial charge in [-0.15, -0.1) is 0 Å². The van der Waals surface area contributed by atoms with Crippen molar-refractivity contribution >= 4 is 28.3 Å². The van der Waals surface area contributed by atoms with Crippen molar-refractivity contribution < 1.29 is 0 Å². The topological polar surface area (TPSA) is 86.6 Å². The van der Waals surface area contributed by atoms with E-state index in [0.29, 0.717) is 0 Å². The third-order valence-corrected chi connectivity index (χ3v) is 7.66. The number of allylic oxidation sites excluding steroid dienone is 4. The second-order valence-electron chi connectivity index (χ2n) is 10.6. The molecule has 0 aliphatic heterocycles. The molecule has 0 radical (unpaired) electrons. The number of nitrogens with zero attached hydrogens (tertiary/aromatic N) is 1. The number of nitrogens with two attached hydrogens (primary N) is 1. The molecule has 4 N–H and O–H groups in total. The molecule has 0 spiro atoms. The maximum absolute atomic E-state index is 8.68. The van der Waals surface area contributed by atoms with Gasteiger partial charge in [0.15, 0.2) is 0 Å². The Morgan fingerprint density at radius 3 is 1.56 bits per heavy atom. The van der Waals surface area contributed by atoms with Gasteiger partial charge in [0.05, 0.1) is 11.4 Å². The Kier molecular flexibility index (Phi) is 8.66. The van der Waals surface area contributed by atoms with E-state index in [2.05, 4.69) is 53.5 Å². The molecule has 45 heavy (non-hydrogen) atoms. The lowest BCUT2D eigenvalue weighted by Crippen LogP contribution is -2.16. The van der Waals surface area contributed by atoms with Gasteiger partial charge in [0.25, 0.3) is 0 Å². The van der Waals surface area contributed by atoms with Crippen LogP contribution >= 0.6 is 0 Å². The first-order chi connectivity index (χ1) is 22.1. The molecule has 4 heteroatoms. The van der Waals surface area contributed by atoms with Crippen molar-refractivity contribution in [2.45, 2.75) is 0 Å². The predicted molar refractivity (Wildman–Crippen MR) is 189 cm³/mol. The smallest absolute Gasteiger partial charge is 0.0868 e. The monoisotopic (exact) mass is 580 g/mol. The third-order valence-electron chi connectivity index (χ3n) is 7.66. The standard InChI is InChI=1S/C30H22N2.C11H10N2/c31-29-20-23(26-17-8-7-15-24(26)21-11-3-1-4-12-21)19-28(30(29)32)27-18-10-9-16-25(27)22-13-5-2-6-14-22;12-11-3-1-2-10(8-11)9-4-6-13-7-5-9/h1-20,31-32H;1-8H,12H2. The van der Waals surface area contributed by atoms with E-state index in [9.17, 15) is 0 Å². The molecule has 6 aromatic rings. The normalized spacial score (nSPS) is 12.4. The molecule has 1 heterocycles. The summed E-state index contributed by atoms with van der Waals surface area (Å²) in [6, 6.07) is 48.7. The second-order valence-corrected chi connectivity index (χ2v) is 10.6. The third kappa shape index (κ3) is 6.61. The van der Waals surface area contributed by atoms with Gasteiger partial charge in [-0.2, -0.15) is 0 Å². The molecule has 1 aliphatic carbocycles. The Balaban J connectivity index is 0.000000229. The van der Waals surface area contributed by atoms with Crippen LogP contribution in [0.1, 0.15) is 11.1 Å². The van der Waals surface area contributed by atoms with Crippen LogP contribution in [0, 0.1) is 10.8 Å². The van der Waals surface area contributed by atoms with Gasteiger partial charge in [0.1, 0.15) is 0 Å². The van der Waals surface area contributed by atoms with Gasteiger partial charge in [0, 0.05) is 23.7 Å². The minimum absolute atomic E-state index is 0.225. The quantitative estimate of drug-likeness (QED) is 0.140. The van der Waals surface area contributed by atoms with E-state index in [1.807, 2.05) is 103 Å². The maximum atomic E-state index is 8.68. The highest BCUT2D eigenvalue weighted by Crippen LogP contribution is 2.37. The van der Waals surface area contributed by atoms with Crippen LogP contribution in [-0.4, -0.2) is 16.4 Å². The molecule has 1 aromatic heterocycles. The lowest BCUT2D eigenvalue weighted by Gasteiger charge is -2.20. The van der Waals surface area contributed by atoms with E-state index in [4.69, 9.17) is 16.6 Å². The van der Waals surface area contributed by atoms with Gasteiger partial charge in [-0.05, 0) is 86.5 Å². The summed E-state index contributed by atoms with van der Waals surface area (Å²) in [6.45, 7) is 0. The van der Waals surface area contributed by atoms with E-state index in [1.165, 1.54) is 0 Å². The average molecular weight is 581 g/mol. The van der Waals surface area contributed by atoms with E-state index >= 15 is 0 Å². The van der Waals surface area contributed by atoms with E-state index in [-0.39, 0.29) is 11.4 Å². The maximum Gasteiger partial charge on any atom is 0.0868 e. The first-order valence-corrected chi connectivity index (χ1v) is 14.8. The zero-order valence-electron chi connectivity index (χ0n) is 24.7. The van der Waals surface area contributed by atoms with Crippen molar-refractivity contribution in [3.8, 4) is 33.4 Å². The summed E-state index contributed by atoms with van der Waals surface area (Å²) in [6.07, 6.45) is 7.42. The van der Waals surface area contributed by atoms with Crippen LogP contribution in [-0.2, 0) is 0 Å². The van der Waals surface area contributed by atoms with E-state index in [1.54, 1.807) is 18.5 Å². The number of hydrogen-bond donors (Lipinski definition) is 3. The zero-order chi connectivity index (χ0) is 31.0. The fourth-order valence-electron chi connectivity index (χ4n) is 5.46. The molecule has 4 nitrogen and oxygen atoms in total. The molecule has 7 rings (SSSR count). The number of nitrogen functional groups attached to an aromatic ring is 1. The number of anilines is 1. The molecule has 1 aliphatic rings. The average Bonchev–Trinajstić information content (AvgIpc) is 3.11. The Labute approximate surface area is 263 Å². The highest BCUT2D eigenvalue weighted by atomic mass is 14.6. The fraction of sp³-hybridized carbons (Fsp3) is 0. The Morgan fingerprint density at radius 2 is 0.956 bits per heavy atom. The Bertz CT molecular complexity index is 2030. The summed E-state index contributed by atoms with van der Waals surface area (Å²) < 4.78 is 0. The van der Waals surface area contributed by atoms with Crippen LogP contribution in [0.4, 0.5) is 5.69 Å². The summed E-state index contributed by atoms with van der Waals surface area (Å²) >= 11 is 0. The minimum atomic E-state index is 0.225. The number of benzene rings is 5. The summed E-state index contributed by atoms with van der Waals surface area (Å²) in [7, 11) is 0. The molecule has 0 saturated carbocycles. The van der Waals surface area contributed by atoms with Crippen LogP contribution < -0.4 is 5.73 Å². The number of nitrogens with one attached hydrogen (secondary N) is 2. The van der Waals surface area contributed by atoms with Crippen molar-refractivity contribution in [2.75, 3.05) is 5.73 Å². The Hall–Kier alpha value is -6.13. The largest absolute Gasteiger partial charge is 0.399 e. The second kappa shape index (κ2) is 13.4. The predicted octanol–water partition coefficient (Wildman–Crippen LogP) is 9.87. The highest BCUT2D eigenvalue weighted by molar-refractivity contribution is 6.61. The molecule has 0 saturated heterocycles. The molecule has 0 unspecified atom stereocenters. The van der Waals surface area contributed by atoms with Crippen LogP contribution in [0.25, 0.3) is 44.5 Å². The summed E-state index contributed by atoms with van der Waals surface area (Å²) in [5.74, 6) is 0. The number of aromatic nitrogens is 1. The van der Waals surface area contributed by atoms with Crippen LogP contribution in [0.2, 0.25) is 0 Å². The van der Waals surface area contributed by atoms with Crippen LogP contribution in [0.3, 0.4) is 0 Å². The lowest BCUT2D eigenvalue weighted by molar-refractivity contribution is 1.33. The van der Waals surface area contributed by atoms with Gasteiger partial charge < -0.3 is 5.73 Å². The first kappa shape index (κ1) is 29.0. The number of hydrogen-bond acceptors (Lipinski definition) is 4. The molecule has 0 atom stereocenters. The van der Waals surface area contributed by atoms with Crippen molar-refractivity contribution in [3.63, 3.8) is 0 Å². The van der Waals surface area contributed by atoms with Gasteiger partial charge in [-0.25, -0.2) is 0 Å². The molecule has 0 amide bonds. The molecular weight excluding hydrogens is 548 g/mol. The molecule has 0 fully saturated rings. The number of rotatable bonds is 5. The van der Waals surface area contributed by atoms with Gasteiger partial charge in [-0.1, -0.05) is 121 Å². The van der Waals surface area contributed by atoms with Crippen molar-refractivity contribution in [1.29, 1.82) is 10.8 Å². The fourth-order valence-corrected chi connectivity index (χ4v) is 5.46. The molecule has 216 valence electrons. The van der Waals surface area contributed by atoms with E-state index < -0.39 is 0 Å². The van der Waals surface area contributed by atoms with Crippen molar-refractivity contribution in [2.24, 2.45) is 0 Å². The molecule has 5 aromatic carbocycles. The van der Waals surface area contributed by atoms with Crippen LogP contribution in [0.15, 0.2) is 170 Å². The number of pyridine rings is 1. The van der Waals surface area contributed by atoms with Gasteiger partial charge in [-0.3, -0.25) is 15.8 Å². The molecule has 0 bridgehead atoms. The van der Waals surface area contributed by atoms with Crippen LogP contribution in [0.5, 0.6) is 0 Å². The van der Waals surface area contributed by atoms with Crippen molar-refractivity contribution in [3.05, 3.63) is 181 Å². The van der Waals surface area contributed by atoms with Gasteiger partial charge in [0.2, 0.25) is 0 Å². The van der Waals surface area contributed by atoms with Crippen molar-refractivity contribution in [1.82, 2.24) is 4.98 Å². The summed E-state index contributed by atoms with van der Waals surface area (Å²) in [5, 5.41) is 17.2. The molecular formula is C41H32N4. The summed E-state index contributed by atoms with van der Waals surface area (Å²) in [4.78, 5) is 3.96. The minimum Gasteiger partial charge on any atom is -0.399 e. The lowest BCUT2D eigenvalue weighted by atomic mass is 9.83. The van der Waals surface area contributed by atoms with E-state index in [0.717, 1.165) is 61.3 Å². The highest BCUT2D eigenvalue weighted by Gasteiger charge is 2.22. The SMILES string of the molecule is N=C1C=C(c2ccccc2-c2ccccc2)C=C(c2ccccc2-c2ccccc2)C1=N.Nc1cccc(-c2ccncc2)c1.